The van der Waals surface area contributed by atoms with Gasteiger partial charge >= 0.3 is 0 Å². The molecule has 0 bridgehead atoms. The number of halogens is 1. The number of hydrogen-bond donors (Lipinski definition) is 1. The number of nitrogens with zero attached hydrogens (tertiary/aromatic N) is 4. The molecule has 0 aromatic carbocycles. The van der Waals surface area contributed by atoms with E-state index in [0.717, 1.165) is 23.4 Å². The Morgan fingerprint density at radius 2 is 2.37 bits per heavy atom. The summed E-state index contributed by atoms with van der Waals surface area (Å²) in [6, 6.07) is 0.734. The predicted octanol–water partition coefficient (Wildman–Crippen LogP) is 0.701. The van der Waals surface area contributed by atoms with Crippen LogP contribution < -0.4 is 5.32 Å². The average molecular weight is 330 g/mol. The fraction of sp³-hybridized carbons (Fsp3) is 0.833. The van der Waals surface area contributed by atoms with Crippen molar-refractivity contribution in [2.24, 2.45) is 7.05 Å². The minimum atomic E-state index is 0.107. The normalized spacial score (nSPS) is 29.4. The van der Waals surface area contributed by atoms with Crippen LogP contribution in [-0.4, -0.2) is 58.8 Å². The minimum Gasteiger partial charge on any atom is -0.373 e. The van der Waals surface area contributed by atoms with Crippen molar-refractivity contribution in [3.05, 3.63) is 10.3 Å². The molecule has 19 heavy (non-hydrogen) atoms. The highest BCUT2D eigenvalue weighted by atomic mass is 79.9. The molecule has 6 nitrogen and oxygen atoms in total. The van der Waals surface area contributed by atoms with E-state index in [1.54, 1.807) is 0 Å². The zero-order valence-electron chi connectivity index (χ0n) is 11.3. The SMILES string of the molecule is CNC(c1c(Br)nnn1C)C1CN2CCCC2CO1. The van der Waals surface area contributed by atoms with Crippen LogP contribution in [0, 0.1) is 0 Å². The molecule has 0 spiro atoms. The molecule has 1 aromatic heterocycles. The van der Waals surface area contributed by atoms with Crippen LogP contribution in [0.2, 0.25) is 0 Å². The van der Waals surface area contributed by atoms with Crippen LogP contribution in [0.1, 0.15) is 24.6 Å². The molecule has 106 valence electrons. The van der Waals surface area contributed by atoms with E-state index in [0.29, 0.717) is 6.04 Å². The number of ether oxygens (including phenoxy) is 1. The third-order valence-corrected chi connectivity index (χ3v) is 4.79. The lowest BCUT2D eigenvalue weighted by atomic mass is 10.0. The first-order valence-electron chi connectivity index (χ1n) is 6.78. The Morgan fingerprint density at radius 1 is 1.53 bits per heavy atom. The molecule has 2 saturated heterocycles. The fourth-order valence-electron chi connectivity index (χ4n) is 3.21. The third-order valence-electron chi connectivity index (χ3n) is 4.22. The van der Waals surface area contributed by atoms with Crippen molar-refractivity contribution in [1.29, 1.82) is 0 Å². The van der Waals surface area contributed by atoms with Gasteiger partial charge in [0.2, 0.25) is 0 Å². The van der Waals surface area contributed by atoms with Gasteiger partial charge in [0, 0.05) is 19.6 Å². The molecule has 0 amide bonds. The van der Waals surface area contributed by atoms with Crippen LogP contribution in [0.15, 0.2) is 4.60 Å². The summed E-state index contributed by atoms with van der Waals surface area (Å²) in [6.07, 6.45) is 2.71. The van der Waals surface area contributed by atoms with Crippen LogP contribution in [0.25, 0.3) is 0 Å². The maximum atomic E-state index is 6.08. The molecule has 3 atom stereocenters. The summed E-state index contributed by atoms with van der Waals surface area (Å²) in [4.78, 5) is 2.55. The summed E-state index contributed by atoms with van der Waals surface area (Å²) >= 11 is 3.48. The lowest BCUT2D eigenvalue weighted by Gasteiger charge is -2.38. The Balaban J connectivity index is 1.79. The smallest absolute Gasteiger partial charge is 0.153 e. The van der Waals surface area contributed by atoms with Crippen LogP contribution in [0.4, 0.5) is 0 Å². The van der Waals surface area contributed by atoms with Gasteiger partial charge in [-0.1, -0.05) is 5.21 Å². The van der Waals surface area contributed by atoms with Gasteiger partial charge in [-0.3, -0.25) is 4.90 Å². The first-order chi connectivity index (χ1) is 9.20. The van der Waals surface area contributed by atoms with Crippen molar-refractivity contribution in [3.63, 3.8) is 0 Å². The molecular weight excluding hydrogens is 310 g/mol. The molecular formula is C12H20BrN5O. The zero-order valence-corrected chi connectivity index (χ0v) is 12.9. The van der Waals surface area contributed by atoms with E-state index < -0.39 is 0 Å². The van der Waals surface area contributed by atoms with Gasteiger partial charge in [-0.25, -0.2) is 4.68 Å². The van der Waals surface area contributed by atoms with E-state index in [9.17, 15) is 0 Å². The third kappa shape index (κ3) is 2.44. The number of nitrogens with one attached hydrogen (secondary N) is 1. The van der Waals surface area contributed by atoms with Gasteiger partial charge in [0.05, 0.1) is 24.4 Å². The molecule has 0 radical (unpaired) electrons. The predicted molar refractivity (Wildman–Crippen MR) is 74.8 cm³/mol. The molecule has 2 aliphatic heterocycles. The summed E-state index contributed by atoms with van der Waals surface area (Å²) in [5.74, 6) is 0. The maximum Gasteiger partial charge on any atom is 0.153 e. The van der Waals surface area contributed by atoms with Gasteiger partial charge in [-0.2, -0.15) is 0 Å². The number of likely N-dealkylation sites (N-methyl/N-ethyl adjacent to an activating group) is 1. The second-order valence-electron chi connectivity index (χ2n) is 5.32. The van der Waals surface area contributed by atoms with Gasteiger partial charge in [-0.15, -0.1) is 5.10 Å². The summed E-state index contributed by atoms with van der Waals surface area (Å²) in [7, 11) is 3.88. The molecule has 1 N–H and O–H groups in total. The van der Waals surface area contributed by atoms with E-state index in [-0.39, 0.29) is 12.1 Å². The summed E-state index contributed by atoms with van der Waals surface area (Å²) in [5, 5.41) is 11.5. The maximum absolute atomic E-state index is 6.08. The molecule has 2 aliphatic rings. The quantitative estimate of drug-likeness (QED) is 0.884. The van der Waals surface area contributed by atoms with Gasteiger partial charge in [-0.05, 0) is 42.4 Å². The van der Waals surface area contributed by atoms with E-state index in [4.69, 9.17) is 4.74 Å². The largest absolute Gasteiger partial charge is 0.373 e. The molecule has 3 unspecified atom stereocenters. The number of fused-ring (bicyclic) bond motifs is 1. The average Bonchev–Trinajstić information content (AvgIpc) is 3.00. The van der Waals surface area contributed by atoms with Crippen LogP contribution in [-0.2, 0) is 11.8 Å². The van der Waals surface area contributed by atoms with E-state index in [1.807, 2.05) is 18.8 Å². The number of morpholine rings is 1. The topological polar surface area (TPSA) is 55.2 Å². The Kier molecular flexibility index (Phi) is 3.88. The molecule has 7 heteroatoms. The molecule has 1 aromatic rings. The molecule has 2 fully saturated rings. The highest BCUT2D eigenvalue weighted by Crippen LogP contribution is 2.30. The Hall–Kier alpha value is -0.500. The second kappa shape index (κ2) is 5.47. The van der Waals surface area contributed by atoms with Crippen LogP contribution >= 0.6 is 15.9 Å². The summed E-state index contributed by atoms with van der Waals surface area (Å²) in [6.45, 7) is 3.02. The van der Waals surface area contributed by atoms with Gasteiger partial charge < -0.3 is 10.1 Å². The zero-order chi connectivity index (χ0) is 13.4. The second-order valence-corrected chi connectivity index (χ2v) is 6.07. The lowest BCUT2D eigenvalue weighted by molar-refractivity contribution is -0.0654. The van der Waals surface area contributed by atoms with Gasteiger partial charge in [0.1, 0.15) is 0 Å². The Morgan fingerprint density at radius 3 is 3.05 bits per heavy atom. The van der Waals surface area contributed by atoms with Gasteiger partial charge in [0.15, 0.2) is 4.60 Å². The van der Waals surface area contributed by atoms with Crippen molar-refractivity contribution in [2.45, 2.75) is 31.0 Å². The Bertz CT molecular complexity index is 432. The minimum absolute atomic E-state index is 0.107. The van der Waals surface area contributed by atoms with E-state index in [2.05, 4.69) is 36.5 Å². The number of aryl methyl sites for hydroxylation is 1. The summed E-state index contributed by atoms with van der Waals surface area (Å²) in [5.41, 5.74) is 1.05. The number of hydrogen-bond acceptors (Lipinski definition) is 5. The van der Waals surface area contributed by atoms with E-state index >= 15 is 0 Å². The fourth-order valence-corrected chi connectivity index (χ4v) is 3.79. The van der Waals surface area contributed by atoms with Crippen LogP contribution in [0.5, 0.6) is 0 Å². The van der Waals surface area contributed by atoms with E-state index in [1.165, 1.54) is 19.4 Å². The molecule has 3 heterocycles. The highest BCUT2D eigenvalue weighted by Gasteiger charge is 2.37. The monoisotopic (exact) mass is 329 g/mol. The summed E-state index contributed by atoms with van der Waals surface area (Å²) < 4.78 is 8.69. The number of aromatic nitrogens is 3. The molecule has 0 saturated carbocycles. The Labute approximate surface area is 121 Å². The van der Waals surface area contributed by atoms with Crippen molar-refractivity contribution >= 4 is 15.9 Å². The first-order valence-corrected chi connectivity index (χ1v) is 7.58. The van der Waals surface area contributed by atoms with Crippen molar-refractivity contribution in [2.75, 3.05) is 26.7 Å². The number of rotatable bonds is 3. The van der Waals surface area contributed by atoms with Crippen molar-refractivity contribution in [1.82, 2.24) is 25.2 Å². The van der Waals surface area contributed by atoms with Crippen molar-refractivity contribution < 1.29 is 4.74 Å². The molecule has 0 aliphatic carbocycles. The highest BCUT2D eigenvalue weighted by molar-refractivity contribution is 9.10. The lowest BCUT2D eigenvalue weighted by Crippen LogP contribution is -2.50. The van der Waals surface area contributed by atoms with Crippen LogP contribution in [0.3, 0.4) is 0 Å². The first kappa shape index (κ1) is 13.5. The van der Waals surface area contributed by atoms with Gasteiger partial charge in [0.25, 0.3) is 0 Å². The standard InChI is InChI=1S/C12H20BrN5O/c1-14-10(11-12(13)15-16-17(11)2)9-6-18-5-3-4-8(18)7-19-9/h8-10,14H,3-7H2,1-2H3. The molecule has 3 rings (SSSR count). The van der Waals surface area contributed by atoms with Crippen molar-refractivity contribution in [3.8, 4) is 0 Å².